The molecule has 0 amide bonds. The highest BCUT2D eigenvalue weighted by Crippen LogP contribution is 2.13. The zero-order valence-corrected chi connectivity index (χ0v) is 16.5. The third-order valence-electron chi connectivity index (χ3n) is 3.43. The summed E-state index contributed by atoms with van der Waals surface area (Å²) in [4.78, 5) is 14.9. The number of rotatable bonds is 7. The van der Waals surface area contributed by atoms with E-state index in [9.17, 15) is 10.1 Å². The third-order valence-corrected chi connectivity index (χ3v) is 3.43. The molecular formula is C18H23IN4O2. The number of nitro groups is 1. The monoisotopic (exact) mass is 454 g/mol. The van der Waals surface area contributed by atoms with E-state index >= 15 is 0 Å². The number of nitrogens with zero attached hydrogens (tertiary/aromatic N) is 2. The molecule has 0 spiro atoms. The summed E-state index contributed by atoms with van der Waals surface area (Å²) in [7, 11) is 0. The van der Waals surface area contributed by atoms with Gasteiger partial charge in [0.25, 0.3) is 5.69 Å². The van der Waals surface area contributed by atoms with Gasteiger partial charge in [-0.2, -0.15) is 0 Å². The summed E-state index contributed by atoms with van der Waals surface area (Å²) in [5, 5.41) is 17.3. The van der Waals surface area contributed by atoms with Gasteiger partial charge in [0.05, 0.1) is 11.5 Å². The lowest BCUT2D eigenvalue weighted by Gasteiger charge is -2.11. The SMILES string of the molecule is CCNC(=NCc1cccc([N+](=O)[O-])c1)NCCc1ccccc1.I. The van der Waals surface area contributed by atoms with Gasteiger partial charge in [-0.05, 0) is 24.5 Å². The summed E-state index contributed by atoms with van der Waals surface area (Å²) in [6, 6.07) is 16.8. The topological polar surface area (TPSA) is 79.6 Å². The molecule has 2 N–H and O–H groups in total. The van der Waals surface area contributed by atoms with Gasteiger partial charge in [0.15, 0.2) is 5.96 Å². The molecule has 0 unspecified atom stereocenters. The van der Waals surface area contributed by atoms with Gasteiger partial charge in [0, 0.05) is 25.2 Å². The van der Waals surface area contributed by atoms with Crippen molar-refractivity contribution in [3.05, 3.63) is 75.8 Å². The summed E-state index contributed by atoms with van der Waals surface area (Å²) in [5.41, 5.74) is 2.16. The highest BCUT2D eigenvalue weighted by molar-refractivity contribution is 14.0. The molecule has 25 heavy (non-hydrogen) atoms. The Hall–Kier alpha value is -2.16. The zero-order chi connectivity index (χ0) is 17.2. The Morgan fingerprint density at radius 3 is 2.48 bits per heavy atom. The summed E-state index contributed by atoms with van der Waals surface area (Å²) in [5.74, 6) is 0.708. The second kappa shape index (κ2) is 11.4. The quantitative estimate of drug-likeness (QED) is 0.221. The van der Waals surface area contributed by atoms with Crippen molar-refractivity contribution < 1.29 is 4.92 Å². The Balaban J connectivity index is 0.00000312. The second-order valence-electron chi connectivity index (χ2n) is 5.28. The molecule has 0 saturated carbocycles. The van der Waals surface area contributed by atoms with Crippen LogP contribution in [-0.2, 0) is 13.0 Å². The van der Waals surface area contributed by atoms with E-state index in [1.54, 1.807) is 12.1 Å². The standard InChI is InChI=1S/C18H22N4O2.HI/c1-2-19-18(20-12-11-15-7-4-3-5-8-15)21-14-16-9-6-10-17(13-16)22(23)24;/h3-10,13H,2,11-12,14H2,1H3,(H2,19,20,21);1H. The number of hydrogen-bond donors (Lipinski definition) is 2. The molecular weight excluding hydrogens is 431 g/mol. The average Bonchev–Trinajstić information content (AvgIpc) is 2.61. The maximum absolute atomic E-state index is 10.8. The van der Waals surface area contributed by atoms with E-state index in [2.05, 4.69) is 27.8 Å². The lowest BCUT2D eigenvalue weighted by Crippen LogP contribution is -2.38. The van der Waals surface area contributed by atoms with Gasteiger partial charge in [-0.3, -0.25) is 10.1 Å². The van der Waals surface area contributed by atoms with Crippen molar-refractivity contribution >= 4 is 35.6 Å². The molecule has 0 radical (unpaired) electrons. The molecule has 7 heteroatoms. The van der Waals surface area contributed by atoms with Crippen LogP contribution in [0.3, 0.4) is 0 Å². The van der Waals surface area contributed by atoms with Crippen LogP contribution in [0.15, 0.2) is 59.6 Å². The molecule has 0 fully saturated rings. The molecule has 0 aliphatic heterocycles. The second-order valence-corrected chi connectivity index (χ2v) is 5.28. The van der Waals surface area contributed by atoms with E-state index in [0.717, 1.165) is 25.1 Å². The third kappa shape index (κ3) is 7.51. The predicted octanol–water partition coefficient (Wildman–Crippen LogP) is 3.51. The van der Waals surface area contributed by atoms with E-state index in [0.29, 0.717) is 12.5 Å². The van der Waals surface area contributed by atoms with Gasteiger partial charge in [0.1, 0.15) is 0 Å². The van der Waals surface area contributed by atoms with Crippen LogP contribution in [0.25, 0.3) is 0 Å². The Morgan fingerprint density at radius 1 is 1.08 bits per heavy atom. The Morgan fingerprint density at radius 2 is 1.80 bits per heavy atom. The van der Waals surface area contributed by atoms with Crippen molar-refractivity contribution in [2.75, 3.05) is 13.1 Å². The fourth-order valence-corrected chi connectivity index (χ4v) is 2.25. The molecule has 2 rings (SSSR count). The van der Waals surface area contributed by atoms with Crippen LogP contribution >= 0.6 is 24.0 Å². The lowest BCUT2D eigenvalue weighted by molar-refractivity contribution is -0.384. The van der Waals surface area contributed by atoms with Gasteiger partial charge in [-0.1, -0.05) is 42.5 Å². The van der Waals surface area contributed by atoms with Crippen molar-refractivity contribution in [2.45, 2.75) is 19.9 Å². The number of non-ortho nitro benzene ring substituents is 1. The molecule has 2 aromatic carbocycles. The first-order chi connectivity index (χ1) is 11.7. The molecule has 0 aromatic heterocycles. The number of halogens is 1. The van der Waals surface area contributed by atoms with Crippen LogP contribution in [0.4, 0.5) is 5.69 Å². The van der Waals surface area contributed by atoms with E-state index in [-0.39, 0.29) is 29.7 Å². The molecule has 0 saturated heterocycles. The van der Waals surface area contributed by atoms with Crippen LogP contribution in [0, 0.1) is 10.1 Å². The zero-order valence-electron chi connectivity index (χ0n) is 14.1. The first kappa shape index (κ1) is 20.9. The molecule has 6 nitrogen and oxygen atoms in total. The summed E-state index contributed by atoms with van der Waals surface area (Å²) < 4.78 is 0. The average molecular weight is 454 g/mol. The lowest BCUT2D eigenvalue weighted by atomic mass is 10.1. The minimum Gasteiger partial charge on any atom is -0.357 e. The number of nitro benzene ring substituents is 1. The maximum Gasteiger partial charge on any atom is 0.269 e. The molecule has 0 heterocycles. The van der Waals surface area contributed by atoms with Crippen LogP contribution in [0.2, 0.25) is 0 Å². The summed E-state index contributed by atoms with van der Waals surface area (Å²) >= 11 is 0. The molecule has 2 aromatic rings. The Labute approximate surface area is 164 Å². The largest absolute Gasteiger partial charge is 0.357 e. The Bertz CT molecular complexity index is 692. The van der Waals surface area contributed by atoms with Crippen LogP contribution in [-0.4, -0.2) is 24.0 Å². The van der Waals surface area contributed by atoms with E-state index in [1.807, 2.05) is 31.2 Å². The number of nitrogens with one attached hydrogen (secondary N) is 2. The summed E-state index contributed by atoms with van der Waals surface area (Å²) in [6.45, 7) is 3.92. The van der Waals surface area contributed by atoms with Crippen molar-refractivity contribution in [1.29, 1.82) is 0 Å². The van der Waals surface area contributed by atoms with Gasteiger partial charge in [-0.15, -0.1) is 24.0 Å². The fourth-order valence-electron chi connectivity index (χ4n) is 2.25. The molecule has 0 atom stereocenters. The minimum absolute atomic E-state index is 0. The van der Waals surface area contributed by atoms with Crippen molar-refractivity contribution in [3.8, 4) is 0 Å². The Kier molecular flexibility index (Phi) is 9.53. The number of aliphatic imine (C=N–C) groups is 1. The molecule has 0 aliphatic carbocycles. The fraction of sp³-hybridized carbons (Fsp3) is 0.278. The molecule has 134 valence electrons. The van der Waals surface area contributed by atoms with Crippen LogP contribution in [0.1, 0.15) is 18.1 Å². The van der Waals surface area contributed by atoms with Gasteiger partial charge in [0.2, 0.25) is 0 Å². The van der Waals surface area contributed by atoms with E-state index in [4.69, 9.17) is 0 Å². The number of benzene rings is 2. The predicted molar refractivity (Wildman–Crippen MR) is 111 cm³/mol. The highest BCUT2D eigenvalue weighted by Gasteiger charge is 2.05. The van der Waals surface area contributed by atoms with Gasteiger partial charge in [-0.25, -0.2) is 4.99 Å². The van der Waals surface area contributed by atoms with Crippen LogP contribution < -0.4 is 10.6 Å². The smallest absolute Gasteiger partial charge is 0.269 e. The van der Waals surface area contributed by atoms with Crippen molar-refractivity contribution in [1.82, 2.24) is 10.6 Å². The van der Waals surface area contributed by atoms with E-state index < -0.39 is 4.92 Å². The van der Waals surface area contributed by atoms with Gasteiger partial charge >= 0.3 is 0 Å². The first-order valence-electron chi connectivity index (χ1n) is 7.98. The van der Waals surface area contributed by atoms with Gasteiger partial charge < -0.3 is 10.6 Å². The highest BCUT2D eigenvalue weighted by atomic mass is 127. The maximum atomic E-state index is 10.8. The molecule has 0 aliphatic rings. The summed E-state index contributed by atoms with van der Waals surface area (Å²) in [6.07, 6.45) is 0.905. The van der Waals surface area contributed by atoms with Crippen molar-refractivity contribution in [2.24, 2.45) is 4.99 Å². The number of guanidine groups is 1. The van der Waals surface area contributed by atoms with Crippen molar-refractivity contribution in [3.63, 3.8) is 0 Å². The van der Waals surface area contributed by atoms with E-state index in [1.165, 1.54) is 11.6 Å². The minimum atomic E-state index is -0.392. The van der Waals surface area contributed by atoms with Crippen LogP contribution in [0.5, 0.6) is 0 Å². The molecule has 0 bridgehead atoms. The number of hydrogen-bond acceptors (Lipinski definition) is 3. The normalized spacial score (nSPS) is 10.7. The first-order valence-corrected chi connectivity index (χ1v) is 7.98.